The number of amides is 1. The van der Waals surface area contributed by atoms with Gasteiger partial charge in [0.2, 0.25) is 5.91 Å². The third-order valence-electron chi connectivity index (χ3n) is 3.29. The van der Waals surface area contributed by atoms with Crippen LogP contribution in [0.1, 0.15) is 6.92 Å². The summed E-state index contributed by atoms with van der Waals surface area (Å²) in [4.78, 5) is 13.1. The van der Waals surface area contributed by atoms with Crippen LogP contribution in [-0.4, -0.2) is 24.4 Å². The van der Waals surface area contributed by atoms with Crippen LogP contribution in [-0.2, 0) is 4.79 Å². The number of ether oxygens (including phenoxy) is 2. The second-order valence-corrected chi connectivity index (χ2v) is 6.48. The second kappa shape index (κ2) is 6.91. The lowest BCUT2D eigenvalue weighted by molar-refractivity contribution is -0.115. The van der Waals surface area contributed by atoms with Gasteiger partial charge in [0.05, 0.1) is 5.25 Å². The number of halogens is 1. The van der Waals surface area contributed by atoms with Gasteiger partial charge < -0.3 is 14.8 Å². The fraction of sp³-hybridized carbons (Fsp3) is 0.235. The van der Waals surface area contributed by atoms with Gasteiger partial charge in [-0.25, -0.2) is 4.39 Å². The summed E-state index contributed by atoms with van der Waals surface area (Å²) >= 11 is 1.41. The summed E-state index contributed by atoms with van der Waals surface area (Å²) in [6.07, 6.45) is 0. The molecule has 1 unspecified atom stereocenters. The van der Waals surface area contributed by atoms with Crippen LogP contribution in [0.15, 0.2) is 47.4 Å². The maximum Gasteiger partial charge on any atom is 0.237 e. The molecule has 1 atom stereocenters. The van der Waals surface area contributed by atoms with Crippen molar-refractivity contribution < 1.29 is 18.7 Å². The molecule has 3 rings (SSSR count). The van der Waals surface area contributed by atoms with Crippen molar-refractivity contribution in [1.82, 2.24) is 0 Å². The van der Waals surface area contributed by atoms with Gasteiger partial charge in [0, 0.05) is 10.6 Å². The van der Waals surface area contributed by atoms with E-state index in [9.17, 15) is 9.18 Å². The van der Waals surface area contributed by atoms with Gasteiger partial charge in [-0.2, -0.15) is 0 Å². The molecule has 23 heavy (non-hydrogen) atoms. The Hall–Kier alpha value is -2.21. The van der Waals surface area contributed by atoms with E-state index in [1.54, 1.807) is 19.1 Å². The van der Waals surface area contributed by atoms with E-state index < -0.39 is 0 Å². The minimum atomic E-state index is -0.380. The van der Waals surface area contributed by atoms with E-state index in [1.807, 2.05) is 18.2 Å². The smallest absolute Gasteiger partial charge is 0.237 e. The van der Waals surface area contributed by atoms with Gasteiger partial charge in [0.25, 0.3) is 0 Å². The van der Waals surface area contributed by atoms with Gasteiger partial charge in [-0.05, 0) is 43.3 Å². The number of carbonyl (C=O) groups excluding carboxylic acids is 1. The molecule has 1 heterocycles. The molecular formula is C17H16FNO3S. The van der Waals surface area contributed by atoms with E-state index in [1.165, 1.54) is 23.9 Å². The monoisotopic (exact) mass is 333 g/mol. The first-order chi connectivity index (χ1) is 11.1. The molecule has 0 saturated carbocycles. The predicted octanol–water partition coefficient (Wildman–Crippen LogP) is 3.72. The number of hydrogen-bond donors (Lipinski definition) is 1. The number of hydrogen-bond acceptors (Lipinski definition) is 4. The van der Waals surface area contributed by atoms with E-state index >= 15 is 0 Å². The van der Waals surface area contributed by atoms with E-state index in [-0.39, 0.29) is 17.0 Å². The number of thioether (sulfide) groups is 1. The molecule has 120 valence electrons. The number of benzene rings is 2. The van der Waals surface area contributed by atoms with E-state index in [0.29, 0.717) is 24.7 Å². The van der Waals surface area contributed by atoms with Gasteiger partial charge in [-0.1, -0.05) is 6.07 Å². The van der Waals surface area contributed by atoms with Crippen LogP contribution in [0.2, 0.25) is 0 Å². The molecule has 0 aliphatic carbocycles. The van der Waals surface area contributed by atoms with E-state index in [2.05, 4.69) is 5.32 Å². The second-order valence-electron chi connectivity index (χ2n) is 5.07. The van der Waals surface area contributed by atoms with E-state index in [0.717, 1.165) is 10.6 Å². The molecule has 0 aromatic heterocycles. The summed E-state index contributed by atoms with van der Waals surface area (Å²) in [5, 5.41) is 2.38. The highest BCUT2D eigenvalue weighted by atomic mass is 32.2. The van der Waals surface area contributed by atoms with Crippen molar-refractivity contribution in [3.05, 3.63) is 48.3 Å². The number of carbonyl (C=O) groups is 1. The molecule has 0 saturated heterocycles. The molecule has 1 aliphatic heterocycles. The fourth-order valence-electron chi connectivity index (χ4n) is 2.16. The largest absolute Gasteiger partial charge is 0.486 e. The van der Waals surface area contributed by atoms with Gasteiger partial charge in [0.15, 0.2) is 11.5 Å². The molecule has 6 heteroatoms. The Kier molecular flexibility index (Phi) is 4.71. The molecule has 1 aliphatic rings. The number of anilines is 1. The summed E-state index contributed by atoms with van der Waals surface area (Å²) in [6.45, 7) is 2.87. The molecular weight excluding hydrogens is 317 g/mol. The van der Waals surface area contributed by atoms with E-state index in [4.69, 9.17) is 9.47 Å². The number of fused-ring (bicyclic) bond motifs is 1. The Morgan fingerprint density at radius 3 is 2.74 bits per heavy atom. The minimum Gasteiger partial charge on any atom is -0.486 e. The molecule has 0 bridgehead atoms. The highest BCUT2D eigenvalue weighted by Crippen LogP contribution is 2.35. The summed E-state index contributed by atoms with van der Waals surface area (Å²) in [6, 6.07) is 11.4. The fourth-order valence-corrected chi connectivity index (χ4v) is 3.06. The molecule has 1 N–H and O–H groups in total. The Labute approximate surface area is 138 Å². The average Bonchev–Trinajstić information content (AvgIpc) is 2.54. The van der Waals surface area contributed by atoms with Gasteiger partial charge in [0.1, 0.15) is 19.0 Å². The van der Waals surface area contributed by atoms with Crippen molar-refractivity contribution in [2.75, 3.05) is 18.5 Å². The summed E-state index contributed by atoms with van der Waals surface area (Å²) in [7, 11) is 0. The zero-order valence-electron chi connectivity index (χ0n) is 12.5. The lowest BCUT2D eigenvalue weighted by Crippen LogP contribution is -2.22. The third kappa shape index (κ3) is 3.96. The molecule has 0 radical (unpaired) electrons. The van der Waals surface area contributed by atoms with Crippen LogP contribution in [0.3, 0.4) is 0 Å². The maximum atomic E-state index is 13.1. The van der Waals surface area contributed by atoms with Gasteiger partial charge in [-0.3, -0.25) is 4.79 Å². The van der Waals surface area contributed by atoms with Crippen molar-refractivity contribution in [1.29, 1.82) is 0 Å². The van der Waals surface area contributed by atoms with Crippen LogP contribution in [0.25, 0.3) is 0 Å². The van der Waals surface area contributed by atoms with Crippen LogP contribution >= 0.6 is 11.8 Å². The number of nitrogens with one attached hydrogen (secondary N) is 1. The quantitative estimate of drug-likeness (QED) is 0.867. The summed E-state index contributed by atoms with van der Waals surface area (Å²) in [5.41, 5.74) is 0.449. The van der Waals surface area contributed by atoms with Gasteiger partial charge in [-0.15, -0.1) is 11.8 Å². The molecule has 0 fully saturated rings. The normalized spacial score (nSPS) is 14.2. The predicted molar refractivity (Wildman–Crippen MR) is 87.8 cm³/mol. The molecule has 0 spiro atoms. The molecule has 2 aromatic rings. The van der Waals surface area contributed by atoms with Crippen molar-refractivity contribution in [2.24, 2.45) is 0 Å². The zero-order chi connectivity index (χ0) is 16.2. The standard InChI is InChI=1S/C17H16FNO3S/c1-11(17(20)19-13-4-2-3-12(18)9-13)23-14-5-6-15-16(10-14)22-8-7-21-15/h2-6,9-11H,7-8H2,1H3,(H,19,20). The Morgan fingerprint density at radius 2 is 1.96 bits per heavy atom. The van der Waals surface area contributed by atoms with Crippen LogP contribution in [0, 0.1) is 5.82 Å². The molecule has 2 aromatic carbocycles. The van der Waals surface area contributed by atoms with Crippen LogP contribution in [0.4, 0.5) is 10.1 Å². The SMILES string of the molecule is CC(Sc1ccc2c(c1)OCCO2)C(=O)Nc1cccc(F)c1. The van der Waals surface area contributed by atoms with Crippen LogP contribution < -0.4 is 14.8 Å². The summed E-state index contributed by atoms with van der Waals surface area (Å²) < 4.78 is 24.2. The first-order valence-electron chi connectivity index (χ1n) is 7.24. The van der Waals surface area contributed by atoms with Crippen LogP contribution in [0.5, 0.6) is 11.5 Å². The Balaban J connectivity index is 1.64. The summed E-state index contributed by atoms with van der Waals surface area (Å²) in [5.74, 6) is 0.849. The lowest BCUT2D eigenvalue weighted by Gasteiger charge is -2.19. The number of rotatable bonds is 4. The highest BCUT2D eigenvalue weighted by molar-refractivity contribution is 8.00. The Bertz CT molecular complexity index is 723. The lowest BCUT2D eigenvalue weighted by atomic mass is 10.3. The molecule has 4 nitrogen and oxygen atoms in total. The van der Waals surface area contributed by atoms with Crippen molar-refractivity contribution in [3.8, 4) is 11.5 Å². The van der Waals surface area contributed by atoms with Crippen molar-refractivity contribution in [2.45, 2.75) is 17.1 Å². The third-order valence-corrected chi connectivity index (χ3v) is 4.38. The van der Waals surface area contributed by atoms with Gasteiger partial charge >= 0.3 is 0 Å². The van der Waals surface area contributed by atoms with Crippen molar-refractivity contribution in [3.63, 3.8) is 0 Å². The topological polar surface area (TPSA) is 47.6 Å². The first-order valence-corrected chi connectivity index (χ1v) is 8.12. The first kappa shape index (κ1) is 15.7. The highest BCUT2D eigenvalue weighted by Gasteiger charge is 2.17. The Morgan fingerprint density at radius 1 is 1.17 bits per heavy atom. The average molecular weight is 333 g/mol. The zero-order valence-corrected chi connectivity index (χ0v) is 13.4. The van der Waals surface area contributed by atoms with Crippen molar-refractivity contribution >= 4 is 23.4 Å². The maximum absolute atomic E-state index is 13.1. The minimum absolute atomic E-state index is 0.185. The molecule has 1 amide bonds.